The molecule has 4 nitrogen and oxygen atoms in total. The van der Waals surface area contributed by atoms with E-state index >= 15 is 0 Å². The van der Waals surface area contributed by atoms with Crippen LogP contribution in [0.15, 0.2) is 11.8 Å². The fourth-order valence-electron chi connectivity index (χ4n) is 8.73. The van der Waals surface area contributed by atoms with Gasteiger partial charge < -0.3 is 5.32 Å². The second-order valence-corrected chi connectivity index (χ2v) is 12.1. The van der Waals surface area contributed by atoms with Crippen LogP contribution >= 0.6 is 11.6 Å². The van der Waals surface area contributed by atoms with Crippen LogP contribution in [0.1, 0.15) is 85.0 Å². The van der Waals surface area contributed by atoms with Gasteiger partial charge in [0.05, 0.1) is 6.54 Å². The van der Waals surface area contributed by atoms with Crippen molar-refractivity contribution in [2.45, 2.75) is 85.0 Å². The molecule has 0 spiro atoms. The number of nitriles is 1. The van der Waals surface area contributed by atoms with E-state index in [0.717, 1.165) is 41.9 Å². The van der Waals surface area contributed by atoms with Gasteiger partial charge in [-0.25, -0.2) is 0 Å². The minimum atomic E-state index is -0.290. The maximum absolute atomic E-state index is 13.5. The lowest BCUT2D eigenvalue weighted by atomic mass is 9.49. The second kappa shape index (κ2) is 10.1. The van der Waals surface area contributed by atoms with Crippen molar-refractivity contribution in [2.24, 2.45) is 52.8 Å². The highest BCUT2D eigenvalue weighted by molar-refractivity contribution is 6.69. The SMILES string of the molecule is CCCC1C(CC)CCC2C1CCC1(C)C(C(=O)CN/C=C(/C#N)C(=N)Cl)CC(C3CC3)C21. The quantitative estimate of drug-likeness (QED) is 0.290. The van der Waals surface area contributed by atoms with Gasteiger partial charge in [0, 0.05) is 12.1 Å². The number of hydrogen-bond donors (Lipinski definition) is 2. The number of fused-ring (bicyclic) bond motifs is 3. The van der Waals surface area contributed by atoms with Gasteiger partial charge in [-0.2, -0.15) is 5.26 Å². The summed E-state index contributed by atoms with van der Waals surface area (Å²) in [5.74, 6) is 6.13. The highest BCUT2D eigenvalue weighted by Crippen LogP contribution is 2.68. The summed E-state index contributed by atoms with van der Waals surface area (Å²) in [6.45, 7) is 7.42. The van der Waals surface area contributed by atoms with E-state index < -0.39 is 0 Å². The Kier molecular flexibility index (Phi) is 7.59. The van der Waals surface area contributed by atoms with Gasteiger partial charge in [-0.05, 0) is 91.8 Å². The summed E-state index contributed by atoms with van der Waals surface area (Å²) in [6, 6.07) is 1.91. The number of rotatable bonds is 9. The molecular formula is C28H42ClN3O. The van der Waals surface area contributed by atoms with E-state index in [0.29, 0.717) is 5.92 Å². The number of allylic oxidation sites excluding steroid dienone is 1. The highest BCUT2D eigenvalue weighted by Gasteiger charge is 2.63. The van der Waals surface area contributed by atoms with E-state index in [1.54, 1.807) is 0 Å². The van der Waals surface area contributed by atoms with Crippen molar-refractivity contribution in [1.29, 1.82) is 10.7 Å². The summed E-state index contributed by atoms with van der Waals surface area (Å²) >= 11 is 5.65. The summed E-state index contributed by atoms with van der Waals surface area (Å²) in [4.78, 5) is 13.5. The Bertz CT molecular complexity index is 827. The average Bonchev–Trinajstić information content (AvgIpc) is 3.58. The Morgan fingerprint density at radius 1 is 1.18 bits per heavy atom. The number of nitrogens with one attached hydrogen (secondary N) is 2. The normalized spacial score (nSPS) is 40.5. The molecule has 8 atom stereocenters. The lowest BCUT2D eigenvalue weighted by Crippen LogP contribution is -2.50. The Morgan fingerprint density at radius 3 is 2.55 bits per heavy atom. The van der Waals surface area contributed by atoms with Gasteiger partial charge in [0.1, 0.15) is 16.8 Å². The van der Waals surface area contributed by atoms with Crippen molar-refractivity contribution >= 4 is 22.6 Å². The summed E-state index contributed by atoms with van der Waals surface area (Å²) < 4.78 is 0. The van der Waals surface area contributed by atoms with Crippen LogP contribution in [-0.2, 0) is 4.79 Å². The summed E-state index contributed by atoms with van der Waals surface area (Å²) in [6.07, 6.45) is 14.5. The number of Topliss-reactive ketones (excluding diaryl/α,β-unsaturated/α-hetero) is 1. The Morgan fingerprint density at radius 2 is 1.94 bits per heavy atom. The molecule has 182 valence electrons. The molecule has 8 unspecified atom stereocenters. The summed E-state index contributed by atoms with van der Waals surface area (Å²) in [5.41, 5.74) is 0.190. The number of ketones is 1. The Hall–Kier alpha value is -1.34. The number of carbonyl (C=O) groups excluding carboxylic acids is 1. The summed E-state index contributed by atoms with van der Waals surface area (Å²) in [5, 5.41) is 19.3. The predicted octanol–water partition coefficient (Wildman–Crippen LogP) is 6.70. The van der Waals surface area contributed by atoms with Gasteiger partial charge >= 0.3 is 0 Å². The third kappa shape index (κ3) is 4.64. The molecule has 4 saturated carbocycles. The standard InChI is InChI=1S/C28H42ClN3O/c1-4-6-20-17(5-2)9-10-22-21(20)11-12-28(3)24(13-23(26(22)28)18-7-8-18)25(33)16-32-15-19(14-30)27(29)31/h15,17-18,20-24,26,31-32H,4-13,16H2,1-3H3/b19-15-,31-27?. The molecule has 4 rings (SSSR count). The topological polar surface area (TPSA) is 76.7 Å². The van der Waals surface area contributed by atoms with E-state index in [2.05, 4.69) is 26.1 Å². The molecule has 4 aliphatic carbocycles. The van der Waals surface area contributed by atoms with E-state index in [1.165, 1.54) is 64.0 Å². The zero-order valence-electron chi connectivity index (χ0n) is 20.7. The lowest BCUT2D eigenvalue weighted by Gasteiger charge is -2.55. The molecule has 0 aromatic heterocycles. The van der Waals surface area contributed by atoms with Gasteiger partial charge in [0.25, 0.3) is 0 Å². The molecule has 0 amide bonds. The first kappa shape index (κ1) is 24.8. The van der Waals surface area contributed by atoms with Crippen LogP contribution in [0.5, 0.6) is 0 Å². The molecule has 0 heterocycles. The lowest BCUT2D eigenvalue weighted by molar-refractivity contribution is -0.129. The molecule has 2 N–H and O–H groups in total. The highest BCUT2D eigenvalue weighted by atomic mass is 35.5. The van der Waals surface area contributed by atoms with Crippen molar-refractivity contribution < 1.29 is 4.79 Å². The monoisotopic (exact) mass is 471 g/mol. The van der Waals surface area contributed by atoms with Crippen LogP contribution in [0.3, 0.4) is 0 Å². The average molecular weight is 472 g/mol. The molecule has 33 heavy (non-hydrogen) atoms. The summed E-state index contributed by atoms with van der Waals surface area (Å²) in [7, 11) is 0. The first-order valence-electron chi connectivity index (χ1n) is 13.5. The van der Waals surface area contributed by atoms with E-state index in [9.17, 15) is 4.79 Å². The molecule has 4 fully saturated rings. The zero-order chi connectivity index (χ0) is 23.8. The fourth-order valence-corrected chi connectivity index (χ4v) is 8.83. The van der Waals surface area contributed by atoms with Crippen LogP contribution < -0.4 is 5.32 Å². The molecule has 0 bridgehead atoms. The van der Waals surface area contributed by atoms with E-state index in [1.807, 2.05) is 6.07 Å². The molecule has 0 radical (unpaired) electrons. The van der Waals surface area contributed by atoms with Crippen molar-refractivity contribution in [3.05, 3.63) is 11.8 Å². The minimum absolute atomic E-state index is 0.0750. The molecular weight excluding hydrogens is 430 g/mol. The number of halogens is 1. The largest absolute Gasteiger partial charge is 0.383 e. The first-order chi connectivity index (χ1) is 15.8. The third-order valence-electron chi connectivity index (χ3n) is 10.2. The molecule has 5 heteroatoms. The fraction of sp³-hybridized carbons (Fsp3) is 0.821. The smallest absolute Gasteiger partial charge is 0.155 e. The van der Waals surface area contributed by atoms with Gasteiger partial charge in [-0.3, -0.25) is 10.2 Å². The van der Waals surface area contributed by atoms with Crippen LogP contribution in [0.4, 0.5) is 0 Å². The third-order valence-corrected chi connectivity index (χ3v) is 10.4. The van der Waals surface area contributed by atoms with Crippen molar-refractivity contribution in [3.63, 3.8) is 0 Å². The van der Waals surface area contributed by atoms with Crippen LogP contribution in [0.25, 0.3) is 0 Å². The van der Waals surface area contributed by atoms with Gasteiger partial charge in [0.15, 0.2) is 5.78 Å². The van der Waals surface area contributed by atoms with Crippen LogP contribution in [-0.4, -0.2) is 17.5 Å². The maximum atomic E-state index is 13.5. The van der Waals surface area contributed by atoms with Gasteiger partial charge in [0.2, 0.25) is 0 Å². The molecule has 0 saturated heterocycles. The first-order valence-corrected chi connectivity index (χ1v) is 13.8. The van der Waals surface area contributed by atoms with Crippen molar-refractivity contribution in [1.82, 2.24) is 5.32 Å². The van der Waals surface area contributed by atoms with Gasteiger partial charge in [-0.1, -0.05) is 51.6 Å². The number of hydrogen-bond acceptors (Lipinski definition) is 4. The van der Waals surface area contributed by atoms with E-state index in [-0.39, 0.29) is 34.4 Å². The Labute approximate surface area is 205 Å². The molecule has 0 aromatic carbocycles. The van der Waals surface area contributed by atoms with E-state index in [4.69, 9.17) is 22.3 Å². The molecule has 0 aliphatic heterocycles. The maximum Gasteiger partial charge on any atom is 0.155 e. The predicted molar refractivity (Wildman–Crippen MR) is 134 cm³/mol. The minimum Gasteiger partial charge on any atom is -0.383 e. The number of carbonyl (C=O) groups is 1. The van der Waals surface area contributed by atoms with Crippen molar-refractivity contribution in [3.8, 4) is 6.07 Å². The number of nitrogens with zero attached hydrogens (tertiary/aromatic N) is 1. The zero-order valence-corrected chi connectivity index (χ0v) is 21.5. The molecule has 0 aromatic rings. The van der Waals surface area contributed by atoms with Crippen LogP contribution in [0, 0.1) is 69.5 Å². The Balaban J connectivity index is 1.54. The molecule has 4 aliphatic rings. The van der Waals surface area contributed by atoms with Crippen molar-refractivity contribution in [2.75, 3.05) is 6.54 Å². The second-order valence-electron chi connectivity index (χ2n) is 11.7. The van der Waals surface area contributed by atoms with Crippen LogP contribution in [0.2, 0.25) is 0 Å². The van der Waals surface area contributed by atoms with Gasteiger partial charge in [-0.15, -0.1) is 0 Å².